The lowest BCUT2D eigenvalue weighted by molar-refractivity contribution is 0.481. The molecular weight excluding hydrogens is 232 g/mol. The molecule has 0 saturated carbocycles. The number of ether oxygens (including phenoxy) is 1. The Morgan fingerprint density at radius 1 is 1.31 bits per heavy atom. The van der Waals surface area contributed by atoms with E-state index < -0.39 is 0 Å². The molecule has 0 heterocycles. The summed E-state index contributed by atoms with van der Waals surface area (Å²) in [5.74, 6) is 0.684. The zero-order valence-electron chi connectivity index (χ0n) is 7.03. The fourth-order valence-electron chi connectivity index (χ4n) is 0.789. The van der Waals surface area contributed by atoms with Gasteiger partial charge in [0.1, 0.15) is 5.75 Å². The Morgan fingerprint density at radius 3 is 2.69 bits per heavy atom. The predicted octanol–water partition coefficient (Wildman–Crippen LogP) is 2.14. The Morgan fingerprint density at radius 2 is 2.08 bits per heavy atom. The van der Waals surface area contributed by atoms with Gasteiger partial charge in [-0.1, -0.05) is 15.9 Å². The topological polar surface area (TPSA) is 61.3 Å². The minimum Gasteiger partial charge on any atom is -0.465 e. The SMILES string of the molecule is Nc1ccc(O/C=C/CBr)cc1N. The van der Waals surface area contributed by atoms with Crippen molar-refractivity contribution in [2.24, 2.45) is 0 Å². The summed E-state index contributed by atoms with van der Waals surface area (Å²) in [5.41, 5.74) is 12.2. The molecule has 13 heavy (non-hydrogen) atoms. The fourth-order valence-corrected chi connectivity index (χ4v) is 0.942. The Bertz CT molecular complexity index is 312. The van der Waals surface area contributed by atoms with Crippen molar-refractivity contribution >= 4 is 27.3 Å². The standard InChI is InChI=1S/C9H11BrN2O/c10-4-1-5-13-7-2-3-8(11)9(12)6-7/h1-3,5-6H,4,11-12H2/b5-1+. The van der Waals surface area contributed by atoms with Crippen LogP contribution in [-0.2, 0) is 0 Å². The van der Waals surface area contributed by atoms with Gasteiger partial charge in [0.05, 0.1) is 17.6 Å². The Kier molecular flexibility index (Phi) is 3.64. The van der Waals surface area contributed by atoms with Crippen LogP contribution in [0.25, 0.3) is 0 Å². The van der Waals surface area contributed by atoms with Gasteiger partial charge in [-0.2, -0.15) is 0 Å². The number of alkyl halides is 1. The minimum atomic E-state index is 0.532. The summed E-state index contributed by atoms with van der Waals surface area (Å²) < 4.78 is 5.24. The van der Waals surface area contributed by atoms with Gasteiger partial charge in [-0.05, 0) is 18.2 Å². The van der Waals surface area contributed by atoms with Crippen LogP contribution in [0.2, 0.25) is 0 Å². The smallest absolute Gasteiger partial charge is 0.128 e. The maximum atomic E-state index is 5.59. The highest BCUT2D eigenvalue weighted by Gasteiger charge is 1.95. The Balaban J connectivity index is 2.68. The first-order valence-corrected chi connectivity index (χ1v) is 4.89. The molecule has 1 aromatic carbocycles. The Labute approximate surface area is 85.5 Å². The highest BCUT2D eigenvalue weighted by molar-refractivity contribution is 9.09. The molecule has 1 rings (SSSR count). The van der Waals surface area contributed by atoms with E-state index in [1.165, 1.54) is 0 Å². The first-order chi connectivity index (χ1) is 6.24. The zero-order chi connectivity index (χ0) is 9.68. The molecule has 1 aromatic rings. The van der Waals surface area contributed by atoms with Crippen molar-refractivity contribution in [3.05, 3.63) is 30.5 Å². The first kappa shape index (κ1) is 9.92. The molecule has 0 bridgehead atoms. The van der Waals surface area contributed by atoms with E-state index in [0.717, 1.165) is 5.33 Å². The number of anilines is 2. The lowest BCUT2D eigenvalue weighted by Gasteiger charge is -2.03. The van der Waals surface area contributed by atoms with Gasteiger partial charge in [0.25, 0.3) is 0 Å². The molecule has 0 unspecified atom stereocenters. The third-order valence-electron chi connectivity index (χ3n) is 1.45. The largest absolute Gasteiger partial charge is 0.465 e. The molecule has 0 aromatic heterocycles. The van der Waals surface area contributed by atoms with Gasteiger partial charge in [0.15, 0.2) is 0 Å². The van der Waals surface area contributed by atoms with Crippen LogP contribution in [0.3, 0.4) is 0 Å². The maximum absolute atomic E-state index is 5.59. The summed E-state index contributed by atoms with van der Waals surface area (Å²) >= 11 is 3.24. The van der Waals surface area contributed by atoms with Crippen molar-refractivity contribution in [2.45, 2.75) is 0 Å². The van der Waals surface area contributed by atoms with Gasteiger partial charge in [-0.25, -0.2) is 0 Å². The van der Waals surface area contributed by atoms with Crippen molar-refractivity contribution in [1.82, 2.24) is 0 Å². The van der Waals surface area contributed by atoms with Crippen LogP contribution in [0.5, 0.6) is 5.75 Å². The number of hydrogen-bond acceptors (Lipinski definition) is 3. The van der Waals surface area contributed by atoms with Crippen LogP contribution in [0.1, 0.15) is 0 Å². The summed E-state index contributed by atoms with van der Waals surface area (Å²) in [5, 5.41) is 0.761. The molecule has 0 radical (unpaired) electrons. The number of allylic oxidation sites excluding steroid dienone is 1. The normalized spacial score (nSPS) is 10.5. The lowest BCUT2D eigenvalue weighted by atomic mass is 10.2. The predicted molar refractivity (Wildman–Crippen MR) is 58.8 cm³/mol. The van der Waals surface area contributed by atoms with Crippen molar-refractivity contribution in [3.63, 3.8) is 0 Å². The zero-order valence-corrected chi connectivity index (χ0v) is 8.62. The molecule has 0 amide bonds. The number of hydrogen-bond donors (Lipinski definition) is 2. The van der Waals surface area contributed by atoms with Gasteiger partial charge in [-0.15, -0.1) is 0 Å². The number of halogens is 1. The van der Waals surface area contributed by atoms with Gasteiger partial charge in [0.2, 0.25) is 0 Å². The van der Waals surface area contributed by atoms with Gasteiger partial charge in [0, 0.05) is 11.4 Å². The van der Waals surface area contributed by atoms with E-state index in [1.807, 2.05) is 6.08 Å². The van der Waals surface area contributed by atoms with Crippen molar-refractivity contribution in [1.29, 1.82) is 0 Å². The fraction of sp³-hybridized carbons (Fsp3) is 0.111. The first-order valence-electron chi connectivity index (χ1n) is 3.76. The summed E-state index contributed by atoms with van der Waals surface area (Å²) in [7, 11) is 0. The molecule has 0 aliphatic carbocycles. The molecule has 0 aliphatic rings. The van der Waals surface area contributed by atoms with E-state index in [4.69, 9.17) is 16.2 Å². The van der Waals surface area contributed by atoms with E-state index in [1.54, 1.807) is 24.5 Å². The van der Waals surface area contributed by atoms with E-state index in [2.05, 4.69) is 15.9 Å². The van der Waals surface area contributed by atoms with E-state index in [9.17, 15) is 0 Å². The van der Waals surface area contributed by atoms with E-state index >= 15 is 0 Å². The maximum Gasteiger partial charge on any atom is 0.128 e. The molecule has 0 atom stereocenters. The molecule has 0 aliphatic heterocycles. The van der Waals surface area contributed by atoms with Gasteiger partial charge >= 0.3 is 0 Å². The van der Waals surface area contributed by atoms with Crippen LogP contribution in [0.15, 0.2) is 30.5 Å². The summed E-state index contributed by atoms with van der Waals surface area (Å²) in [6.07, 6.45) is 3.44. The van der Waals surface area contributed by atoms with Crippen molar-refractivity contribution in [2.75, 3.05) is 16.8 Å². The van der Waals surface area contributed by atoms with E-state index in [-0.39, 0.29) is 0 Å². The van der Waals surface area contributed by atoms with E-state index in [0.29, 0.717) is 17.1 Å². The molecule has 4 heteroatoms. The summed E-state index contributed by atoms with van der Waals surface area (Å²) in [6, 6.07) is 5.17. The number of benzene rings is 1. The van der Waals surface area contributed by atoms with Crippen LogP contribution >= 0.6 is 15.9 Å². The third-order valence-corrected chi connectivity index (χ3v) is 1.82. The lowest BCUT2D eigenvalue weighted by Crippen LogP contribution is -1.94. The average Bonchev–Trinajstić information content (AvgIpc) is 2.12. The quantitative estimate of drug-likeness (QED) is 0.485. The number of rotatable bonds is 3. The van der Waals surface area contributed by atoms with Gasteiger partial charge in [-0.3, -0.25) is 0 Å². The Hall–Kier alpha value is -1.16. The monoisotopic (exact) mass is 242 g/mol. The van der Waals surface area contributed by atoms with Gasteiger partial charge < -0.3 is 16.2 Å². The number of nitrogen functional groups attached to an aromatic ring is 2. The van der Waals surface area contributed by atoms with Crippen LogP contribution in [-0.4, -0.2) is 5.33 Å². The molecule has 0 saturated heterocycles. The average molecular weight is 243 g/mol. The minimum absolute atomic E-state index is 0.532. The highest BCUT2D eigenvalue weighted by atomic mass is 79.9. The number of nitrogens with two attached hydrogens (primary N) is 2. The molecule has 0 spiro atoms. The van der Waals surface area contributed by atoms with Crippen LogP contribution in [0, 0.1) is 0 Å². The van der Waals surface area contributed by atoms with Crippen LogP contribution < -0.4 is 16.2 Å². The third kappa shape index (κ3) is 2.99. The second kappa shape index (κ2) is 4.77. The van der Waals surface area contributed by atoms with Crippen LogP contribution in [0.4, 0.5) is 11.4 Å². The molecule has 0 fully saturated rings. The second-order valence-electron chi connectivity index (χ2n) is 2.43. The molecule has 4 N–H and O–H groups in total. The van der Waals surface area contributed by atoms with Crippen molar-refractivity contribution < 1.29 is 4.74 Å². The van der Waals surface area contributed by atoms with Crippen molar-refractivity contribution in [3.8, 4) is 5.75 Å². The molecule has 70 valence electrons. The molecular formula is C9H11BrN2O. The highest BCUT2D eigenvalue weighted by Crippen LogP contribution is 2.21. The summed E-state index contributed by atoms with van der Waals surface area (Å²) in [4.78, 5) is 0. The summed E-state index contributed by atoms with van der Waals surface area (Å²) in [6.45, 7) is 0. The second-order valence-corrected chi connectivity index (χ2v) is 3.08. The molecule has 3 nitrogen and oxygen atoms in total.